The Morgan fingerprint density at radius 3 is 1.48 bits per heavy atom. The topological polar surface area (TPSA) is 0 Å². The molecule has 2 aliphatic carbocycles. The molecule has 0 bridgehead atoms. The van der Waals surface area contributed by atoms with Crippen LogP contribution in [0.1, 0.15) is 22.3 Å². The third-order valence-electron chi connectivity index (χ3n) is 13.1. The highest BCUT2D eigenvalue weighted by molar-refractivity contribution is 7.26. The van der Waals surface area contributed by atoms with E-state index in [9.17, 15) is 0 Å². The first kappa shape index (κ1) is 32.1. The van der Waals surface area contributed by atoms with Gasteiger partial charge in [0.05, 0.1) is 5.41 Å². The van der Waals surface area contributed by atoms with Gasteiger partial charge < -0.3 is 0 Å². The van der Waals surface area contributed by atoms with Crippen molar-refractivity contribution >= 4 is 53.1 Å². The molecule has 0 fully saturated rings. The lowest BCUT2D eigenvalue weighted by atomic mass is 9.70. The summed E-state index contributed by atoms with van der Waals surface area (Å²) in [4.78, 5) is 0. The van der Waals surface area contributed by atoms with Gasteiger partial charge in [0.2, 0.25) is 0 Å². The zero-order chi connectivity index (χ0) is 38.0. The molecular weight excluding hydrogens is 717 g/mol. The van der Waals surface area contributed by atoms with E-state index in [0.29, 0.717) is 0 Å². The fourth-order valence-electron chi connectivity index (χ4n) is 10.6. The van der Waals surface area contributed by atoms with E-state index in [1.807, 2.05) is 11.3 Å². The van der Waals surface area contributed by atoms with Gasteiger partial charge in [0.25, 0.3) is 0 Å². The molecule has 0 radical (unpaired) electrons. The van der Waals surface area contributed by atoms with E-state index in [4.69, 9.17) is 0 Å². The maximum atomic E-state index is 2.49. The van der Waals surface area contributed by atoms with Gasteiger partial charge in [0.1, 0.15) is 0 Å². The first-order chi connectivity index (χ1) is 28.8. The number of thiophene rings is 1. The molecule has 268 valence electrons. The standard InChI is InChI=1S/C57H34S/c1-2-13-42-41(12-1)49(36-26-24-35(25-27-36)40-18-11-19-48-47-17-6-10-23-55(47)58-56(40)48)33-39-29-28-37(32-50(39)42)38-30-31-46-45-16-5-9-22-53(45)57(54(46)34-38)51-20-7-3-14-43(51)44-15-4-8-21-52(44)57/h1-34H. The predicted octanol–water partition coefficient (Wildman–Crippen LogP) is 15.7. The van der Waals surface area contributed by atoms with Crippen LogP contribution in [0.5, 0.6) is 0 Å². The number of hydrogen-bond donors (Lipinski definition) is 0. The third-order valence-corrected chi connectivity index (χ3v) is 14.3. The van der Waals surface area contributed by atoms with E-state index >= 15 is 0 Å². The average molecular weight is 751 g/mol. The molecule has 1 heteroatoms. The van der Waals surface area contributed by atoms with Gasteiger partial charge in [0.15, 0.2) is 0 Å². The van der Waals surface area contributed by atoms with E-state index in [2.05, 4.69) is 206 Å². The van der Waals surface area contributed by atoms with Crippen LogP contribution >= 0.6 is 11.3 Å². The molecule has 13 rings (SSSR count). The molecule has 58 heavy (non-hydrogen) atoms. The summed E-state index contributed by atoms with van der Waals surface area (Å²) < 4.78 is 2.69. The second kappa shape index (κ2) is 12.0. The van der Waals surface area contributed by atoms with E-state index in [1.165, 1.54) is 120 Å². The van der Waals surface area contributed by atoms with Gasteiger partial charge in [-0.3, -0.25) is 0 Å². The van der Waals surface area contributed by atoms with Crippen LogP contribution in [0.25, 0.3) is 97.4 Å². The van der Waals surface area contributed by atoms with Crippen LogP contribution < -0.4 is 0 Å². The molecule has 0 N–H and O–H groups in total. The maximum absolute atomic E-state index is 2.49. The largest absolute Gasteiger partial charge is 0.135 e. The summed E-state index contributed by atoms with van der Waals surface area (Å²) in [6, 6.07) is 77.4. The molecule has 1 aromatic heterocycles. The summed E-state index contributed by atoms with van der Waals surface area (Å²) in [5.74, 6) is 0. The quantitative estimate of drug-likeness (QED) is 0.158. The normalized spacial score (nSPS) is 13.3. The van der Waals surface area contributed by atoms with Crippen LogP contribution in [0.3, 0.4) is 0 Å². The summed E-state index contributed by atoms with van der Waals surface area (Å²) in [6.07, 6.45) is 0. The molecule has 2 aliphatic rings. The lowest BCUT2D eigenvalue weighted by molar-refractivity contribution is 0.794. The van der Waals surface area contributed by atoms with E-state index < -0.39 is 0 Å². The molecule has 11 aromatic rings. The third kappa shape index (κ3) is 4.29. The lowest BCUT2D eigenvalue weighted by Gasteiger charge is -2.30. The number of hydrogen-bond acceptors (Lipinski definition) is 1. The molecule has 1 spiro atoms. The van der Waals surface area contributed by atoms with Crippen LogP contribution in [-0.4, -0.2) is 0 Å². The Balaban J connectivity index is 0.940. The van der Waals surface area contributed by atoms with Gasteiger partial charge >= 0.3 is 0 Å². The molecule has 0 amide bonds. The molecule has 10 aromatic carbocycles. The fourth-order valence-corrected chi connectivity index (χ4v) is 11.8. The van der Waals surface area contributed by atoms with Crippen molar-refractivity contribution in [2.75, 3.05) is 0 Å². The summed E-state index contributed by atoms with van der Waals surface area (Å²) in [7, 11) is 0. The van der Waals surface area contributed by atoms with Crippen molar-refractivity contribution in [1.82, 2.24) is 0 Å². The number of rotatable bonds is 3. The smallest absolute Gasteiger partial charge is 0.0725 e. The molecule has 0 saturated carbocycles. The molecule has 0 nitrogen and oxygen atoms in total. The van der Waals surface area contributed by atoms with Crippen molar-refractivity contribution in [3.8, 4) is 55.6 Å². The van der Waals surface area contributed by atoms with Crippen molar-refractivity contribution in [1.29, 1.82) is 0 Å². The SMILES string of the molecule is c1ccc2c(c1)-c1ccccc1C21c2ccccc2-c2ccc(-c3ccc4cc(-c5ccc(-c6cccc7c6sc6ccccc67)cc5)c5ccccc5c4c3)cc21. The summed E-state index contributed by atoms with van der Waals surface area (Å²) in [5.41, 5.74) is 18.0. The summed E-state index contributed by atoms with van der Waals surface area (Å²) in [5, 5.41) is 7.75. The number of fused-ring (bicyclic) bond motifs is 16. The Labute approximate surface area is 340 Å². The minimum Gasteiger partial charge on any atom is -0.135 e. The predicted molar refractivity (Wildman–Crippen MR) is 247 cm³/mol. The minimum atomic E-state index is -0.354. The molecule has 1 heterocycles. The fraction of sp³-hybridized carbons (Fsp3) is 0.0175. The number of benzene rings is 10. The molecular formula is C57H34S. The first-order valence-corrected chi connectivity index (χ1v) is 21.0. The molecule has 0 saturated heterocycles. The van der Waals surface area contributed by atoms with Gasteiger partial charge in [-0.15, -0.1) is 11.3 Å². The molecule has 0 aliphatic heterocycles. The van der Waals surface area contributed by atoms with E-state index in [1.54, 1.807) is 0 Å². The summed E-state index contributed by atoms with van der Waals surface area (Å²) in [6.45, 7) is 0. The average Bonchev–Trinajstić information content (AvgIpc) is 3.93. The van der Waals surface area contributed by atoms with Crippen molar-refractivity contribution in [3.05, 3.63) is 229 Å². The minimum absolute atomic E-state index is 0.354. The Morgan fingerprint density at radius 1 is 0.276 bits per heavy atom. The van der Waals surface area contributed by atoms with Gasteiger partial charge in [0, 0.05) is 20.2 Å². The second-order valence-electron chi connectivity index (χ2n) is 15.9. The van der Waals surface area contributed by atoms with Gasteiger partial charge in [-0.2, -0.15) is 0 Å². The van der Waals surface area contributed by atoms with Crippen molar-refractivity contribution in [2.24, 2.45) is 0 Å². The Hall–Kier alpha value is -7.06. The van der Waals surface area contributed by atoms with Crippen LogP contribution in [0.15, 0.2) is 206 Å². The highest BCUT2D eigenvalue weighted by Gasteiger charge is 2.51. The zero-order valence-corrected chi connectivity index (χ0v) is 32.4. The molecule has 0 atom stereocenters. The highest BCUT2D eigenvalue weighted by atomic mass is 32.1. The Kier molecular flexibility index (Phi) is 6.62. The van der Waals surface area contributed by atoms with Crippen molar-refractivity contribution in [3.63, 3.8) is 0 Å². The Bertz CT molecular complexity index is 3440. The van der Waals surface area contributed by atoms with E-state index in [0.717, 1.165) is 0 Å². The van der Waals surface area contributed by atoms with Crippen LogP contribution in [-0.2, 0) is 5.41 Å². The van der Waals surface area contributed by atoms with Crippen LogP contribution in [0, 0.1) is 0 Å². The van der Waals surface area contributed by atoms with Gasteiger partial charge in [-0.05, 0) is 124 Å². The van der Waals surface area contributed by atoms with Crippen LogP contribution in [0.4, 0.5) is 0 Å². The maximum Gasteiger partial charge on any atom is 0.0725 e. The van der Waals surface area contributed by atoms with Crippen molar-refractivity contribution < 1.29 is 0 Å². The second-order valence-corrected chi connectivity index (χ2v) is 17.0. The van der Waals surface area contributed by atoms with Crippen LogP contribution in [0.2, 0.25) is 0 Å². The lowest BCUT2D eigenvalue weighted by Crippen LogP contribution is -2.25. The van der Waals surface area contributed by atoms with Gasteiger partial charge in [-0.25, -0.2) is 0 Å². The van der Waals surface area contributed by atoms with Gasteiger partial charge in [-0.1, -0.05) is 182 Å². The summed E-state index contributed by atoms with van der Waals surface area (Å²) >= 11 is 1.89. The molecule has 0 unspecified atom stereocenters. The highest BCUT2D eigenvalue weighted by Crippen LogP contribution is 2.63. The van der Waals surface area contributed by atoms with E-state index in [-0.39, 0.29) is 5.41 Å². The van der Waals surface area contributed by atoms with Crippen molar-refractivity contribution in [2.45, 2.75) is 5.41 Å². The zero-order valence-electron chi connectivity index (χ0n) is 31.5. The first-order valence-electron chi connectivity index (χ1n) is 20.2. The monoisotopic (exact) mass is 750 g/mol. The Morgan fingerprint density at radius 2 is 0.776 bits per heavy atom.